The van der Waals surface area contributed by atoms with E-state index in [1.54, 1.807) is 0 Å². The van der Waals surface area contributed by atoms with Crippen molar-refractivity contribution >= 4 is 5.82 Å². The summed E-state index contributed by atoms with van der Waals surface area (Å²) in [6.07, 6.45) is 0. The molecule has 0 saturated heterocycles. The van der Waals surface area contributed by atoms with Crippen LogP contribution in [0.25, 0.3) is 11.1 Å². The Bertz CT molecular complexity index is 528. The van der Waals surface area contributed by atoms with E-state index in [0.717, 1.165) is 18.8 Å². The van der Waals surface area contributed by atoms with Gasteiger partial charge >= 0.3 is 0 Å². The van der Waals surface area contributed by atoms with Gasteiger partial charge in [-0.15, -0.1) is 0 Å². The summed E-state index contributed by atoms with van der Waals surface area (Å²) in [5, 5.41) is 8.13. The van der Waals surface area contributed by atoms with Gasteiger partial charge in [-0.3, -0.25) is 0 Å². The van der Waals surface area contributed by atoms with E-state index in [2.05, 4.69) is 53.2 Å². The van der Waals surface area contributed by atoms with Crippen LogP contribution in [0.4, 0.5) is 5.82 Å². The number of anilines is 1. The van der Waals surface area contributed by atoms with Gasteiger partial charge in [0.2, 0.25) is 0 Å². The molecule has 3 rings (SSSR count). The summed E-state index contributed by atoms with van der Waals surface area (Å²) < 4.78 is 2.10. The van der Waals surface area contributed by atoms with Gasteiger partial charge in [0, 0.05) is 18.7 Å². The molecular weight excluding hydrogens is 210 g/mol. The van der Waals surface area contributed by atoms with E-state index in [0.29, 0.717) is 5.92 Å². The first-order valence-corrected chi connectivity index (χ1v) is 6.12. The number of hydrogen-bond donors (Lipinski definition) is 1. The number of nitrogens with zero attached hydrogens (tertiary/aromatic N) is 2. The molecule has 0 saturated carbocycles. The fourth-order valence-electron chi connectivity index (χ4n) is 2.47. The molecule has 0 spiro atoms. The Kier molecular flexibility index (Phi) is 2.39. The average molecular weight is 227 g/mol. The van der Waals surface area contributed by atoms with Crippen molar-refractivity contribution in [1.29, 1.82) is 0 Å². The summed E-state index contributed by atoms with van der Waals surface area (Å²) in [6, 6.07) is 10.5. The molecule has 3 heteroatoms. The molecule has 0 bridgehead atoms. The Morgan fingerprint density at radius 2 is 2.06 bits per heavy atom. The third-order valence-corrected chi connectivity index (χ3v) is 3.29. The topological polar surface area (TPSA) is 29.9 Å². The van der Waals surface area contributed by atoms with Gasteiger partial charge < -0.3 is 5.32 Å². The van der Waals surface area contributed by atoms with Crippen molar-refractivity contribution in [3.8, 4) is 11.1 Å². The molecule has 0 amide bonds. The normalized spacial score (nSPS) is 18.6. The summed E-state index contributed by atoms with van der Waals surface area (Å²) in [5.74, 6) is 1.82. The highest BCUT2D eigenvalue weighted by molar-refractivity contribution is 5.78. The number of hydrogen-bond acceptors (Lipinski definition) is 2. The predicted octanol–water partition coefficient (Wildman–Crippen LogP) is 2.92. The molecule has 2 heterocycles. The summed E-state index contributed by atoms with van der Waals surface area (Å²) in [5.41, 5.74) is 3.60. The third-order valence-electron chi connectivity index (χ3n) is 3.29. The SMILES string of the molecule is Cc1nn2c(c1-c1ccccc1)NCC(C)C2. The van der Waals surface area contributed by atoms with Crippen LogP contribution in [0, 0.1) is 12.8 Å². The minimum absolute atomic E-state index is 0.644. The van der Waals surface area contributed by atoms with Crippen LogP contribution >= 0.6 is 0 Å². The van der Waals surface area contributed by atoms with Crippen molar-refractivity contribution in [2.24, 2.45) is 5.92 Å². The molecular formula is C14H17N3. The number of nitrogens with one attached hydrogen (secondary N) is 1. The summed E-state index contributed by atoms with van der Waals surface area (Å²) in [7, 11) is 0. The van der Waals surface area contributed by atoms with Gasteiger partial charge in [-0.05, 0) is 18.4 Å². The molecule has 3 nitrogen and oxygen atoms in total. The summed E-state index contributed by atoms with van der Waals surface area (Å²) in [6.45, 7) is 6.37. The fourth-order valence-corrected chi connectivity index (χ4v) is 2.47. The van der Waals surface area contributed by atoms with Crippen LogP contribution in [0.5, 0.6) is 0 Å². The highest BCUT2D eigenvalue weighted by atomic mass is 15.3. The van der Waals surface area contributed by atoms with Crippen LogP contribution in [-0.2, 0) is 6.54 Å². The van der Waals surface area contributed by atoms with Crippen LogP contribution in [0.2, 0.25) is 0 Å². The summed E-state index contributed by atoms with van der Waals surface area (Å²) in [4.78, 5) is 0. The standard InChI is InChI=1S/C14H17N3/c1-10-8-15-14-13(11(2)16-17(14)9-10)12-6-4-3-5-7-12/h3-7,10,15H,8-9H2,1-2H3. The lowest BCUT2D eigenvalue weighted by Crippen LogP contribution is -2.25. The molecule has 88 valence electrons. The van der Waals surface area contributed by atoms with Crippen LogP contribution in [0.15, 0.2) is 30.3 Å². The van der Waals surface area contributed by atoms with E-state index in [4.69, 9.17) is 0 Å². The van der Waals surface area contributed by atoms with Gasteiger partial charge in [0.1, 0.15) is 5.82 Å². The number of benzene rings is 1. The molecule has 1 atom stereocenters. The fraction of sp³-hybridized carbons (Fsp3) is 0.357. The van der Waals surface area contributed by atoms with Crippen LogP contribution in [-0.4, -0.2) is 16.3 Å². The van der Waals surface area contributed by atoms with Crippen molar-refractivity contribution in [1.82, 2.24) is 9.78 Å². The van der Waals surface area contributed by atoms with Crippen molar-refractivity contribution in [2.45, 2.75) is 20.4 Å². The Morgan fingerprint density at radius 3 is 2.82 bits per heavy atom. The summed E-state index contributed by atoms with van der Waals surface area (Å²) >= 11 is 0. The minimum Gasteiger partial charge on any atom is -0.369 e. The lowest BCUT2D eigenvalue weighted by molar-refractivity contribution is 0.444. The van der Waals surface area contributed by atoms with Gasteiger partial charge in [-0.25, -0.2) is 4.68 Å². The van der Waals surface area contributed by atoms with Crippen molar-refractivity contribution in [3.05, 3.63) is 36.0 Å². The predicted molar refractivity (Wildman–Crippen MR) is 70.1 cm³/mol. The monoisotopic (exact) mass is 227 g/mol. The largest absolute Gasteiger partial charge is 0.369 e. The van der Waals surface area contributed by atoms with Crippen molar-refractivity contribution < 1.29 is 0 Å². The number of aromatic nitrogens is 2. The van der Waals surface area contributed by atoms with Crippen LogP contribution in [0.3, 0.4) is 0 Å². The Balaban J connectivity index is 2.12. The van der Waals surface area contributed by atoms with Gasteiger partial charge in [0.05, 0.1) is 5.69 Å². The maximum atomic E-state index is 4.63. The van der Waals surface area contributed by atoms with Crippen LogP contribution in [0.1, 0.15) is 12.6 Å². The lowest BCUT2D eigenvalue weighted by atomic mass is 10.0. The second-order valence-corrected chi connectivity index (χ2v) is 4.84. The molecule has 1 N–H and O–H groups in total. The highest BCUT2D eigenvalue weighted by Crippen LogP contribution is 2.33. The van der Waals surface area contributed by atoms with Gasteiger partial charge in [0.25, 0.3) is 0 Å². The maximum Gasteiger partial charge on any atom is 0.132 e. The highest BCUT2D eigenvalue weighted by Gasteiger charge is 2.21. The Labute approximate surface area is 101 Å². The van der Waals surface area contributed by atoms with E-state index in [9.17, 15) is 0 Å². The maximum absolute atomic E-state index is 4.63. The molecule has 1 aliphatic heterocycles. The van der Waals surface area contributed by atoms with E-state index in [-0.39, 0.29) is 0 Å². The second kappa shape index (κ2) is 3.91. The van der Waals surface area contributed by atoms with E-state index in [1.807, 2.05) is 6.07 Å². The zero-order valence-electron chi connectivity index (χ0n) is 10.3. The first-order chi connectivity index (χ1) is 8.25. The third kappa shape index (κ3) is 1.71. The minimum atomic E-state index is 0.644. The number of aryl methyl sites for hydroxylation is 1. The molecule has 0 radical (unpaired) electrons. The first-order valence-electron chi connectivity index (χ1n) is 6.12. The molecule has 1 aromatic carbocycles. The quantitative estimate of drug-likeness (QED) is 0.811. The van der Waals surface area contributed by atoms with E-state index < -0.39 is 0 Å². The van der Waals surface area contributed by atoms with Gasteiger partial charge in [0.15, 0.2) is 0 Å². The van der Waals surface area contributed by atoms with E-state index in [1.165, 1.54) is 16.9 Å². The second-order valence-electron chi connectivity index (χ2n) is 4.84. The lowest BCUT2D eigenvalue weighted by Gasteiger charge is -2.22. The number of fused-ring (bicyclic) bond motifs is 1. The molecule has 1 aliphatic rings. The zero-order valence-corrected chi connectivity index (χ0v) is 10.3. The Morgan fingerprint density at radius 1 is 1.29 bits per heavy atom. The zero-order chi connectivity index (χ0) is 11.8. The van der Waals surface area contributed by atoms with Crippen molar-refractivity contribution in [3.63, 3.8) is 0 Å². The molecule has 1 unspecified atom stereocenters. The van der Waals surface area contributed by atoms with Gasteiger partial charge in [-0.2, -0.15) is 5.10 Å². The van der Waals surface area contributed by atoms with E-state index >= 15 is 0 Å². The molecule has 1 aromatic heterocycles. The number of rotatable bonds is 1. The van der Waals surface area contributed by atoms with Crippen molar-refractivity contribution in [2.75, 3.05) is 11.9 Å². The molecule has 0 fully saturated rings. The van der Waals surface area contributed by atoms with Crippen LogP contribution < -0.4 is 5.32 Å². The molecule has 17 heavy (non-hydrogen) atoms. The Hall–Kier alpha value is -1.77. The molecule has 2 aromatic rings. The first kappa shape index (κ1) is 10.4. The average Bonchev–Trinajstić information content (AvgIpc) is 2.65. The molecule has 0 aliphatic carbocycles. The van der Waals surface area contributed by atoms with Gasteiger partial charge in [-0.1, -0.05) is 37.3 Å². The smallest absolute Gasteiger partial charge is 0.132 e.